The zero-order chi connectivity index (χ0) is 12.8. The topological polar surface area (TPSA) is 29.5 Å². The fourth-order valence-corrected chi connectivity index (χ4v) is 2.33. The summed E-state index contributed by atoms with van der Waals surface area (Å²) in [6.45, 7) is 4.14. The minimum atomic E-state index is 0.225. The Hall–Kier alpha value is -1.35. The van der Waals surface area contributed by atoms with Crippen LogP contribution < -0.4 is 0 Å². The molecule has 1 aliphatic rings. The van der Waals surface area contributed by atoms with Crippen LogP contribution in [0.4, 0.5) is 0 Å². The van der Waals surface area contributed by atoms with Gasteiger partial charge in [-0.25, -0.2) is 0 Å². The first kappa shape index (κ1) is 13.1. The summed E-state index contributed by atoms with van der Waals surface area (Å²) >= 11 is 0. The third-order valence-electron chi connectivity index (χ3n) is 3.39. The lowest BCUT2D eigenvalue weighted by Crippen LogP contribution is -2.47. The van der Waals surface area contributed by atoms with Crippen molar-refractivity contribution in [3.05, 3.63) is 35.9 Å². The van der Waals surface area contributed by atoms with Crippen LogP contribution in [0.15, 0.2) is 30.3 Å². The van der Waals surface area contributed by atoms with Gasteiger partial charge in [0.05, 0.1) is 19.3 Å². The number of carbonyl (C=O) groups is 1. The Labute approximate surface area is 109 Å². The lowest BCUT2D eigenvalue weighted by Gasteiger charge is -2.33. The Kier molecular flexibility index (Phi) is 4.76. The monoisotopic (exact) mass is 247 g/mol. The molecule has 0 aromatic heterocycles. The lowest BCUT2D eigenvalue weighted by atomic mass is 10.1. The van der Waals surface area contributed by atoms with Crippen LogP contribution in [0.5, 0.6) is 0 Å². The second-order valence-corrected chi connectivity index (χ2v) is 4.85. The van der Waals surface area contributed by atoms with Crippen LogP contribution >= 0.6 is 0 Å². The molecule has 1 aromatic rings. The normalized spacial score (nSPS) is 19.8. The predicted molar refractivity (Wildman–Crippen MR) is 71.4 cm³/mol. The Bertz CT molecular complexity index is 377. The predicted octanol–water partition coefficient (Wildman–Crippen LogP) is 2.26. The molecule has 0 aliphatic carbocycles. The zero-order valence-electron chi connectivity index (χ0n) is 11.0. The van der Waals surface area contributed by atoms with Crippen molar-refractivity contribution in [2.45, 2.75) is 32.2 Å². The molecule has 0 N–H and O–H groups in total. The van der Waals surface area contributed by atoms with Crippen LogP contribution in [0.3, 0.4) is 0 Å². The highest BCUT2D eigenvalue weighted by Crippen LogP contribution is 2.11. The summed E-state index contributed by atoms with van der Waals surface area (Å²) in [6, 6.07) is 10.6. The summed E-state index contributed by atoms with van der Waals surface area (Å²) in [5, 5.41) is 0. The highest BCUT2D eigenvalue weighted by Gasteiger charge is 2.22. The van der Waals surface area contributed by atoms with Gasteiger partial charge in [0.1, 0.15) is 0 Å². The number of nitrogens with zero attached hydrogens (tertiary/aromatic N) is 1. The van der Waals surface area contributed by atoms with Gasteiger partial charge in [-0.15, -0.1) is 0 Å². The van der Waals surface area contributed by atoms with Gasteiger partial charge in [0, 0.05) is 13.0 Å². The van der Waals surface area contributed by atoms with Crippen LogP contribution in [0, 0.1) is 0 Å². The second kappa shape index (κ2) is 6.55. The number of hydrogen-bond acceptors (Lipinski definition) is 2. The van der Waals surface area contributed by atoms with E-state index in [9.17, 15) is 4.79 Å². The quantitative estimate of drug-likeness (QED) is 0.816. The number of benzene rings is 1. The third-order valence-corrected chi connectivity index (χ3v) is 3.39. The van der Waals surface area contributed by atoms with Crippen LogP contribution in [-0.2, 0) is 16.0 Å². The smallest absolute Gasteiger partial charge is 0.222 e. The number of rotatable bonds is 4. The molecule has 98 valence electrons. The molecule has 3 nitrogen and oxygen atoms in total. The van der Waals surface area contributed by atoms with Crippen molar-refractivity contribution in [1.29, 1.82) is 0 Å². The highest BCUT2D eigenvalue weighted by molar-refractivity contribution is 5.76. The third kappa shape index (κ3) is 3.57. The summed E-state index contributed by atoms with van der Waals surface area (Å²) in [6.07, 6.45) is 2.54. The van der Waals surface area contributed by atoms with E-state index in [1.54, 1.807) is 0 Å². The average Bonchev–Trinajstić information content (AvgIpc) is 2.40. The van der Waals surface area contributed by atoms with Gasteiger partial charge in [-0.3, -0.25) is 4.79 Å². The maximum absolute atomic E-state index is 12.1. The van der Waals surface area contributed by atoms with Crippen molar-refractivity contribution in [2.24, 2.45) is 0 Å². The summed E-state index contributed by atoms with van der Waals surface area (Å²) < 4.78 is 5.34. The molecule has 1 amide bonds. The van der Waals surface area contributed by atoms with E-state index < -0.39 is 0 Å². The molecule has 1 saturated heterocycles. The minimum absolute atomic E-state index is 0.225. The maximum Gasteiger partial charge on any atom is 0.222 e. The summed E-state index contributed by atoms with van der Waals surface area (Å²) in [7, 11) is 0. The Morgan fingerprint density at radius 1 is 1.39 bits per heavy atom. The zero-order valence-corrected chi connectivity index (χ0v) is 11.0. The molecular weight excluding hydrogens is 226 g/mol. The Balaban J connectivity index is 1.74. The first-order chi connectivity index (χ1) is 8.77. The molecule has 0 bridgehead atoms. The summed E-state index contributed by atoms with van der Waals surface area (Å²) in [4.78, 5) is 14.0. The van der Waals surface area contributed by atoms with E-state index in [1.165, 1.54) is 5.56 Å². The molecule has 1 heterocycles. The van der Waals surface area contributed by atoms with E-state index in [0.717, 1.165) is 19.4 Å². The molecule has 1 aromatic carbocycles. The fourth-order valence-electron chi connectivity index (χ4n) is 2.33. The van der Waals surface area contributed by atoms with Gasteiger partial charge in [0.15, 0.2) is 0 Å². The van der Waals surface area contributed by atoms with Gasteiger partial charge in [-0.05, 0) is 25.3 Å². The van der Waals surface area contributed by atoms with E-state index in [4.69, 9.17) is 4.74 Å². The van der Waals surface area contributed by atoms with E-state index in [2.05, 4.69) is 12.1 Å². The van der Waals surface area contributed by atoms with Crippen LogP contribution in [0.1, 0.15) is 25.3 Å². The van der Waals surface area contributed by atoms with Gasteiger partial charge >= 0.3 is 0 Å². The van der Waals surface area contributed by atoms with Crippen molar-refractivity contribution < 1.29 is 9.53 Å². The minimum Gasteiger partial charge on any atom is -0.377 e. The highest BCUT2D eigenvalue weighted by atomic mass is 16.5. The van der Waals surface area contributed by atoms with E-state index in [-0.39, 0.29) is 11.9 Å². The first-order valence-corrected chi connectivity index (χ1v) is 6.68. The van der Waals surface area contributed by atoms with Crippen LogP contribution in [0.2, 0.25) is 0 Å². The molecule has 0 saturated carbocycles. The van der Waals surface area contributed by atoms with Gasteiger partial charge in [-0.1, -0.05) is 30.3 Å². The molecule has 18 heavy (non-hydrogen) atoms. The molecule has 0 radical (unpaired) electrons. The fraction of sp³-hybridized carbons (Fsp3) is 0.533. The van der Waals surface area contributed by atoms with Crippen molar-refractivity contribution in [1.82, 2.24) is 4.90 Å². The van der Waals surface area contributed by atoms with E-state index in [1.807, 2.05) is 30.0 Å². The summed E-state index contributed by atoms with van der Waals surface area (Å²) in [5.74, 6) is 0.265. The summed E-state index contributed by atoms with van der Waals surface area (Å²) in [5.41, 5.74) is 1.31. The van der Waals surface area contributed by atoms with Crippen molar-refractivity contribution in [3.63, 3.8) is 0 Å². The molecule has 1 aliphatic heterocycles. The van der Waals surface area contributed by atoms with E-state index >= 15 is 0 Å². The molecule has 3 heteroatoms. The van der Waals surface area contributed by atoms with Crippen molar-refractivity contribution in [3.8, 4) is 0 Å². The molecule has 1 atom stereocenters. The van der Waals surface area contributed by atoms with Crippen LogP contribution in [-0.4, -0.2) is 36.6 Å². The van der Waals surface area contributed by atoms with Crippen molar-refractivity contribution in [2.75, 3.05) is 19.8 Å². The first-order valence-electron chi connectivity index (χ1n) is 6.68. The second-order valence-electron chi connectivity index (χ2n) is 4.85. The number of amides is 1. The Morgan fingerprint density at radius 2 is 2.17 bits per heavy atom. The average molecular weight is 247 g/mol. The number of ether oxygens (including phenoxy) is 1. The van der Waals surface area contributed by atoms with Crippen LogP contribution in [0.25, 0.3) is 0 Å². The number of aryl methyl sites for hydroxylation is 1. The van der Waals surface area contributed by atoms with E-state index in [0.29, 0.717) is 19.6 Å². The standard InChI is InChI=1S/C15H21NO2/c1-13-12-18-11-10-16(13)15(17)9-5-8-14-6-3-2-4-7-14/h2-4,6-7,13H,5,8-12H2,1H3/t13-/m0/s1. The Morgan fingerprint density at radius 3 is 2.89 bits per heavy atom. The molecular formula is C15H21NO2. The molecule has 0 unspecified atom stereocenters. The number of carbonyl (C=O) groups excluding carboxylic acids is 1. The van der Waals surface area contributed by atoms with Gasteiger partial charge in [0.2, 0.25) is 5.91 Å². The largest absolute Gasteiger partial charge is 0.377 e. The SMILES string of the molecule is C[C@H]1COCCN1C(=O)CCCc1ccccc1. The number of morpholine rings is 1. The molecule has 2 rings (SSSR count). The number of hydrogen-bond donors (Lipinski definition) is 0. The van der Waals surface area contributed by atoms with Crippen molar-refractivity contribution >= 4 is 5.91 Å². The molecule has 0 spiro atoms. The van der Waals surface area contributed by atoms with Gasteiger partial charge in [-0.2, -0.15) is 0 Å². The maximum atomic E-state index is 12.1. The van der Waals surface area contributed by atoms with Gasteiger partial charge in [0.25, 0.3) is 0 Å². The lowest BCUT2D eigenvalue weighted by molar-refractivity contribution is -0.139. The molecule has 1 fully saturated rings. The van der Waals surface area contributed by atoms with Gasteiger partial charge < -0.3 is 9.64 Å².